The molecule has 2 aliphatic rings. The minimum atomic E-state index is -0.842. The van der Waals surface area contributed by atoms with Crippen molar-refractivity contribution in [1.82, 2.24) is 9.80 Å². The number of hydrogen-bond donors (Lipinski definition) is 1. The van der Waals surface area contributed by atoms with Gasteiger partial charge in [-0.1, -0.05) is 6.58 Å². The van der Waals surface area contributed by atoms with E-state index in [1.807, 2.05) is 11.8 Å². The molecule has 1 atom stereocenters. The Balaban J connectivity index is 1.95. The first-order chi connectivity index (χ1) is 8.00. The molecule has 2 fully saturated rings. The number of rotatable bonds is 1. The minimum absolute atomic E-state index is 0.0243. The van der Waals surface area contributed by atoms with E-state index in [-0.39, 0.29) is 17.4 Å². The summed E-state index contributed by atoms with van der Waals surface area (Å²) in [5.41, 5.74) is 0.130. The molecule has 1 N–H and O–H groups in total. The number of carbonyl (C=O) groups is 2. The van der Waals surface area contributed by atoms with Crippen molar-refractivity contribution in [3.63, 3.8) is 0 Å². The molecule has 0 aromatic rings. The normalized spacial score (nSPS) is 26.5. The fraction of sp³-hybridized carbons (Fsp3) is 0.667. The van der Waals surface area contributed by atoms with Crippen molar-refractivity contribution in [3.05, 3.63) is 12.7 Å². The Hall–Kier alpha value is -1.52. The lowest BCUT2D eigenvalue weighted by atomic mass is 9.66. The molecule has 2 aliphatic heterocycles. The van der Waals surface area contributed by atoms with Crippen molar-refractivity contribution in [2.24, 2.45) is 5.41 Å². The van der Waals surface area contributed by atoms with Crippen LogP contribution in [0.4, 0.5) is 4.79 Å². The molecule has 0 saturated carbocycles. The largest absolute Gasteiger partial charge is 0.465 e. The third-order valence-corrected chi connectivity index (χ3v) is 4.33. The van der Waals surface area contributed by atoms with Gasteiger partial charge in [0.15, 0.2) is 0 Å². The molecule has 2 heterocycles. The highest BCUT2D eigenvalue weighted by Gasteiger charge is 2.52. The molecule has 94 valence electrons. The number of hydrogen-bond acceptors (Lipinski definition) is 2. The zero-order valence-electron chi connectivity index (χ0n) is 10.1. The van der Waals surface area contributed by atoms with Gasteiger partial charge in [-0.2, -0.15) is 0 Å². The van der Waals surface area contributed by atoms with Crippen LogP contribution in [0.1, 0.15) is 19.8 Å². The molecule has 2 saturated heterocycles. The average molecular weight is 238 g/mol. The summed E-state index contributed by atoms with van der Waals surface area (Å²) < 4.78 is 0. The maximum absolute atomic E-state index is 11.5. The number of amides is 2. The minimum Gasteiger partial charge on any atom is -0.465 e. The standard InChI is InChI=1S/C12H18N2O3/c1-3-10(15)14-8-12(9(14)2)4-6-13(7-5-12)11(16)17/h3,9H,1,4-8H2,2H3,(H,16,17)/t9-/m1/s1. The van der Waals surface area contributed by atoms with Crippen LogP contribution in [-0.4, -0.2) is 52.6 Å². The summed E-state index contributed by atoms with van der Waals surface area (Å²) in [5.74, 6) is -0.0243. The monoisotopic (exact) mass is 238 g/mol. The molecule has 0 bridgehead atoms. The Morgan fingerprint density at radius 1 is 1.41 bits per heavy atom. The van der Waals surface area contributed by atoms with Crippen molar-refractivity contribution in [2.75, 3.05) is 19.6 Å². The van der Waals surface area contributed by atoms with Crippen molar-refractivity contribution in [3.8, 4) is 0 Å². The molecule has 0 aromatic carbocycles. The highest BCUT2D eigenvalue weighted by molar-refractivity contribution is 5.88. The summed E-state index contributed by atoms with van der Waals surface area (Å²) in [6.45, 7) is 7.43. The lowest BCUT2D eigenvalue weighted by Crippen LogP contribution is -2.67. The lowest BCUT2D eigenvalue weighted by molar-refractivity contribution is -0.153. The molecule has 5 heteroatoms. The van der Waals surface area contributed by atoms with Crippen molar-refractivity contribution < 1.29 is 14.7 Å². The molecule has 0 radical (unpaired) electrons. The molecule has 0 aliphatic carbocycles. The van der Waals surface area contributed by atoms with Gasteiger partial charge in [-0.05, 0) is 25.8 Å². The van der Waals surface area contributed by atoms with E-state index in [1.54, 1.807) is 0 Å². The van der Waals surface area contributed by atoms with Gasteiger partial charge in [0.25, 0.3) is 0 Å². The highest BCUT2D eigenvalue weighted by Crippen LogP contribution is 2.46. The number of likely N-dealkylation sites (tertiary alicyclic amines) is 2. The Labute approximate surface area is 101 Å². The fourth-order valence-corrected chi connectivity index (χ4v) is 2.93. The summed E-state index contributed by atoms with van der Waals surface area (Å²) in [7, 11) is 0. The van der Waals surface area contributed by atoms with E-state index < -0.39 is 6.09 Å². The molecule has 0 aromatic heterocycles. The molecule has 2 rings (SSSR count). The maximum atomic E-state index is 11.5. The molecule has 2 amide bonds. The second kappa shape index (κ2) is 4.05. The van der Waals surface area contributed by atoms with Crippen LogP contribution in [0, 0.1) is 5.41 Å². The van der Waals surface area contributed by atoms with Crippen LogP contribution < -0.4 is 0 Å². The third kappa shape index (κ3) is 1.79. The second-order valence-electron chi connectivity index (χ2n) is 4.98. The number of nitrogens with zero attached hydrogens (tertiary/aromatic N) is 2. The van der Waals surface area contributed by atoms with E-state index in [2.05, 4.69) is 6.58 Å². The molecular formula is C12H18N2O3. The first-order valence-corrected chi connectivity index (χ1v) is 5.91. The van der Waals surface area contributed by atoms with Gasteiger partial charge in [0.2, 0.25) is 5.91 Å². The van der Waals surface area contributed by atoms with Gasteiger partial charge in [-0.3, -0.25) is 4.79 Å². The van der Waals surface area contributed by atoms with E-state index in [4.69, 9.17) is 5.11 Å². The van der Waals surface area contributed by atoms with Crippen LogP contribution in [0.25, 0.3) is 0 Å². The number of carbonyl (C=O) groups excluding carboxylic acids is 1. The van der Waals surface area contributed by atoms with Gasteiger partial charge in [0, 0.05) is 31.1 Å². The topological polar surface area (TPSA) is 60.9 Å². The number of carboxylic acid groups (broad SMARTS) is 1. The first-order valence-electron chi connectivity index (χ1n) is 5.91. The Morgan fingerprint density at radius 3 is 2.41 bits per heavy atom. The van der Waals surface area contributed by atoms with Gasteiger partial charge in [-0.15, -0.1) is 0 Å². The van der Waals surface area contributed by atoms with Gasteiger partial charge in [-0.25, -0.2) is 4.79 Å². The summed E-state index contributed by atoms with van der Waals surface area (Å²) in [6.07, 6.45) is 2.20. The van der Waals surface area contributed by atoms with E-state index >= 15 is 0 Å². The third-order valence-electron chi connectivity index (χ3n) is 4.33. The van der Waals surface area contributed by atoms with Crippen LogP contribution in [0.15, 0.2) is 12.7 Å². The molecular weight excluding hydrogens is 220 g/mol. The predicted octanol–water partition coefficient (Wildman–Crippen LogP) is 1.16. The van der Waals surface area contributed by atoms with Gasteiger partial charge in [0.1, 0.15) is 0 Å². The Morgan fingerprint density at radius 2 is 2.00 bits per heavy atom. The fourth-order valence-electron chi connectivity index (χ4n) is 2.93. The molecule has 0 unspecified atom stereocenters. The van der Waals surface area contributed by atoms with Crippen LogP contribution >= 0.6 is 0 Å². The Kier molecular flexibility index (Phi) is 2.85. The predicted molar refractivity (Wildman–Crippen MR) is 62.6 cm³/mol. The van der Waals surface area contributed by atoms with Crippen molar-refractivity contribution >= 4 is 12.0 Å². The SMILES string of the molecule is C=CC(=O)N1CC2(CCN(C(=O)O)CC2)[C@H]1C. The quantitative estimate of drug-likeness (QED) is 0.697. The van der Waals surface area contributed by atoms with E-state index in [0.717, 1.165) is 19.4 Å². The average Bonchev–Trinajstić information content (AvgIpc) is 2.35. The zero-order valence-corrected chi connectivity index (χ0v) is 10.1. The molecule has 1 spiro atoms. The summed E-state index contributed by atoms with van der Waals surface area (Å²) in [5, 5.41) is 8.89. The van der Waals surface area contributed by atoms with Crippen molar-refractivity contribution in [1.29, 1.82) is 0 Å². The zero-order chi connectivity index (χ0) is 12.6. The van der Waals surface area contributed by atoms with Crippen LogP contribution in [-0.2, 0) is 4.79 Å². The van der Waals surface area contributed by atoms with E-state index in [1.165, 1.54) is 11.0 Å². The molecule has 17 heavy (non-hydrogen) atoms. The van der Waals surface area contributed by atoms with Crippen LogP contribution in [0.5, 0.6) is 0 Å². The molecule has 5 nitrogen and oxygen atoms in total. The number of piperidine rings is 1. The van der Waals surface area contributed by atoms with E-state index in [0.29, 0.717) is 13.1 Å². The summed E-state index contributed by atoms with van der Waals surface area (Å²) in [4.78, 5) is 25.6. The van der Waals surface area contributed by atoms with E-state index in [9.17, 15) is 9.59 Å². The lowest BCUT2D eigenvalue weighted by Gasteiger charge is -2.58. The van der Waals surface area contributed by atoms with Gasteiger partial charge >= 0.3 is 6.09 Å². The smallest absolute Gasteiger partial charge is 0.407 e. The second-order valence-corrected chi connectivity index (χ2v) is 4.98. The van der Waals surface area contributed by atoms with Gasteiger partial charge < -0.3 is 14.9 Å². The van der Waals surface area contributed by atoms with Crippen molar-refractivity contribution in [2.45, 2.75) is 25.8 Å². The van der Waals surface area contributed by atoms with Crippen LogP contribution in [0.3, 0.4) is 0 Å². The first kappa shape index (κ1) is 12.0. The summed E-state index contributed by atoms with van der Waals surface area (Å²) >= 11 is 0. The van der Waals surface area contributed by atoms with Gasteiger partial charge in [0.05, 0.1) is 0 Å². The summed E-state index contributed by atoms with van der Waals surface area (Å²) in [6, 6.07) is 0.198. The maximum Gasteiger partial charge on any atom is 0.407 e. The Bertz CT molecular complexity index is 359. The van der Waals surface area contributed by atoms with Crippen LogP contribution in [0.2, 0.25) is 0 Å². The highest BCUT2D eigenvalue weighted by atomic mass is 16.4.